The first-order chi connectivity index (χ1) is 12.0. The van der Waals surface area contributed by atoms with Gasteiger partial charge in [0.1, 0.15) is 11.3 Å². The van der Waals surface area contributed by atoms with E-state index in [1.54, 1.807) is 12.3 Å². The van der Waals surface area contributed by atoms with Crippen molar-refractivity contribution in [3.05, 3.63) is 77.2 Å². The Balaban J connectivity index is 2.28. The van der Waals surface area contributed by atoms with E-state index in [4.69, 9.17) is 17.2 Å². The van der Waals surface area contributed by atoms with Gasteiger partial charge >= 0.3 is 0 Å². The van der Waals surface area contributed by atoms with Crippen LogP contribution in [0.2, 0.25) is 0 Å². The second-order valence-electron chi connectivity index (χ2n) is 5.65. The number of fused-ring (bicyclic) bond motifs is 1. The number of nitrogens with zero attached hydrogens (tertiary/aromatic N) is 2. The van der Waals surface area contributed by atoms with Gasteiger partial charge in [0, 0.05) is 22.7 Å². The topological polar surface area (TPSA) is 103 Å². The van der Waals surface area contributed by atoms with Gasteiger partial charge < -0.3 is 17.2 Å². The SMILES string of the molecule is Cc1ccnc2c(F)cc(/C(N)=C(/N=C(N)N)c3ccccc3)cc12. The molecule has 0 bridgehead atoms. The molecular weight excluding hydrogens is 317 g/mol. The summed E-state index contributed by atoms with van der Waals surface area (Å²) in [5.74, 6) is -0.572. The van der Waals surface area contributed by atoms with Gasteiger partial charge in [0.05, 0.1) is 11.4 Å². The van der Waals surface area contributed by atoms with Gasteiger partial charge in [-0.15, -0.1) is 0 Å². The molecule has 0 fully saturated rings. The zero-order chi connectivity index (χ0) is 18.0. The highest BCUT2D eigenvalue weighted by atomic mass is 19.1. The lowest BCUT2D eigenvalue weighted by Gasteiger charge is -2.11. The second kappa shape index (κ2) is 6.60. The predicted molar refractivity (Wildman–Crippen MR) is 99.7 cm³/mol. The summed E-state index contributed by atoms with van der Waals surface area (Å²) in [6, 6.07) is 14.2. The fourth-order valence-electron chi connectivity index (χ4n) is 2.64. The third-order valence-electron chi connectivity index (χ3n) is 3.87. The molecule has 0 amide bonds. The van der Waals surface area contributed by atoms with Crippen LogP contribution >= 0.6 is 0 Å². The molecule has 0 unspecified atom stereocenters. The van der Waals surface area contributed by atoms with Crippen LogP contribution in [0.15, 0.2) is 59.7 Å². The Morgan fingerprint density at radius 3 is 2.40 bits per heavy atom. The Hall–Kier alpha value is -3.41. The van der Waals surface area contributed by atoms with Crippen LogP contribution in [-0.4, -0.2) is 10.9 Å². The fraction of sp³-hybridized carbons (Fsp3) is 0.0526. The minimum atomic E-state index is -0.448. The molecule has 6 heteroatoms. The van der Waals surface area contributed by atoms with E-state index in [0.717, 1.165) is 11.1 Å². The molecule has 0 radical (unpaired) electrons. The number of guanidine groups is 1. The molecule has 1 aromatic heterocycles. The average Bonchev–Trinajstić information content (AvgIpc) is 2.60. The average molecular weight is 335 g/mol. The lowest BCUT2D eigenvalue weighted by Crippen LogP contribution is -2.23. The van der Waals surface area contributed by atoms with Crippen molar-refractivity contribution in [2.45, 2.75) is 6.92 Å². The maximum atomic E-state index is 14.5. The van der Waals surface area contributed by atoms with Crippen LogP contribution in [0.25, 0.3) is 22.3 Å². The van der Waals surface area contributed by atoms with Crippen LogP contribution < -0.4 is 17.2 Å². The lowest BCUT2D eigenvalue weighted by atomic mass is 10.0. The number of hydrogen-bond acceptors (Lipinski definition) is 3. The molecule has 0 saturated carbocycles. The maximum absolute atomic E-state index is 14.5. The molecule has 0 aliphatic carbocycles. The zero-order valence-electron chi connectivity index (χ0n) is 13.7. The Bertz CT molecular complexity index is 989. The number of rotatable bonds is 3. The molecule has 25 heavy (non-hydrogen) atoms. The van der Waals surface area contributed by atoms with Gasteiger partial charge in [0.25, 0.3) is 0 Å². The molecule has 0 aliphatic rings. The molecule has 0 aliphatic heterocycles. The Kier molecular flexibility index (Phi) is 4.35. The number of nitrogens with two attached hydrogens (primary N) is 3. The largest absolute Gasteiger partial charge is 0.396 e. The summed E-state index contributed by atoms with van der Waals surface area (Å²) in [7, 11) is 0. The number of pyridine rings is 1. The van der Waals surface area contributed by atoms with Crippen LogP contribution in [0.1, 0.15) is 16.7 Å². The van der Waals surface area contributed by atoms with Crippen molar-refractivity contribution in [3.8, 4) is 0 Å². The molecule has 0 atom stereocenters. The minimum Gasteiger partial charge on any atom is -0.396 e. The van der Waals surface area contributed by atoms with E-state index >= 15 is 0 Å². The number of halogens is 1. The third kappa shape index (κ3) is 3.28. The number of aliphatic imine (C=N–C) groups is 1. The standard InChI is InChI=1S/C19H18FN5/c1-11-7-8-24-18-14(11)9-13(10-15(18)20)16(21)17(25-19(22)23)12-5-3-2-4-6-12/h2-10H,21H2,1H3,(H4,22,23,25)/b17-16-. The van der Waals surface area contributed by atoms with Gasteiger partial charge in [-0.25, -0.2) is 9.38 Å². The lowest BCUT2D eigenvalue weighted by molar-refractivity contribution is 0.636. The van der Waals surface area contributed by atoms with Crippen molar-refractivity contribution in [3.63, 3.8) is 0 Å². The van der Waals surface area contributed by atoms with Crippen molar-refractivity contribution < 1.29 is 4.39 Å². The molecule has 2 aromatic carbocycles. The van der Waals surface area contributed by atoms with E-state index in [1.165, 1.54) is 6.07 Å². The Labute approximate surface area is 144 Å². The van der Waals surface area contributed by atoms with Crippen LogP contribution in [0, 0.1) is 12.7 Å². The molecule has 5 nitrogen and oxygen atoms in total. The molecule has 6 N–H and O–H groups in total. The van der Waals surface area contributed by atoms with Gasteiger partial charge in [-0.3, -0.25) is 4.98 Å². The van der Waals surface area contributed by atoms with E-state index < -0.39 is 5.82 Å². The van der Waals surface area contributed by atoms with Crippen molar-refractivity contribution in [2.75, 3.05) is 0 Å². The normalized spacial score (nSPS) is 11.9. The molecular formula is C19H18FN5. The van der Waals surface area contributed by atoms with Gasteiger partial charge in [-0.1, -0.05) is 30.3 Å². The van der Waals surface area contributed by atoms with Crippen molar-refractivity contribution in [2.24, 2.45) is 22.2 Å². The smallest absolute Gasteiger partial charge is 0.191 e. The van der Waals surface area contributed by atoms with Crippen molar-refractivity contribution in [1.82, 2.24) is 4.98 Å². The fourth-order valence-corrected chi connectivity index (χ4v) is 2.64. The summed E-state index contributed by atoms with van der Waals surface area (Å²) < 4.78 is 14.5. The van der Waals surface area contributed by atoms with E-state index in [1.807, 2.05) is 43.3 Å². The summed E-state index contributed by atoms with van der Waals surface area (Å²) in [5, 5.41) is 0.692. The van der Waals surface area contributed by atoms with Gasteiger partial charge in [0.2, 0.25) is 0 Å². The maximum Gasteiger partial charge on any atom is 0.191 e. The Morgan fingerprint density at radius 2 is 1.72 bits per heavy atom. The minimum absolute atomic E-state index is 0.124. The van der Waals surface area contributed by atoms with Crippen LogP contribution in [0.5, 0.6) is 0 Å². The first-order valence-corrected chi connectivity index (χ1v) is 7.67. The summed E-state index contributed by atoms with van der Waals surface area (Å²) in [6.45, 7) is 1.89. The Morgan fingerprint density at radius 1 is 1.00 bits per heavy atom. The highest BCUT2D eigenvalue weighted by Crippen LogP contribution is 2.28. The first kappa shape index (κ1) is 16.4. The van der Waals surface area contributed by atoms with Gasteiger partial charge in [-0.05, 0) is 30.7 Å². The molecule has 126 valence electrons. The second-order valence-corrected chi connectivity index (χ2v) is 5.65. The first-order valence-electron chi connectivity index (χ1n) is 7.67. The molecule has 3 rings (SSSR count). The van der Waals surface area contributed by atoms with E-state index in [2.05, 4.69) is 9.98 Å². The van der Waals surface area contributed by atoms with E-state index in [9.17, 15) is 4.39 Å². The molecule has 0 saturated heterocycles. The highest BCUT2D eigenvalue weighted by molar-refractivity contribution is 5.96. The molecule has 3 aromatic rings. The van der Waals surface area contributed by atoms with Gasteiger partial charge in [0.15, 0.2) is 5.96 Å². The van der Waals surface area contributed by atoms with Crippen molar-refractivity contribution in [1.29, 1.82) is 0 Å². The third-order valence-corrected chi connectivity index (χ3v) is 3.87. The number of aromatic nitrogens is 1. The van der Waals surface area contributed by atoms with Crippen LogP contribution in [-0.2, 0) is 0 Å². The van der Waals surface area contributed by atoms with Crippen LogP contribution in [0.3, 0.4) is 0 Å². The summed E-state index contributed by atoms with van der Waals surface area (Å²) in [6.07, 6.45) is 1.58. The summed E-state index contributed by atoms with van der Waals surface area (Å²) in [4.78, 5) is 8.24. The highest BCUT2D eigenvalue weighted by Gasteiger charge is 2.13. The summed E-state index contributed by atoms with van der Waals surface area (Å²) >= 11 is 0. The molecule has 0 spiro atoms. The quantitative estimate of drug-likeness (QED) is 0.389. The monoisotopic (exact) mass is 335 g/mol. The number of hydrogen-bond donors (Lipinski definition) is 3. The zero-order valence-corrected chi connectivity index (χ0v) is 13.7. The van der Waals surface area contributed by atoms with E-state index in [0.29, 0.717) is 22.2 Å². The number of aryl methyl sites for hydroxylation is 1. The van der Waals surface area contributed by atoms with Crippen LogP contribution in [0.4, 0.5) is 4.39 Å². The summed E-state index contributed by atoms with van der Waals surface area (Å²) in [5.41, 5.74) is 20.5. The number of benzene rings is 2. The molecule has 1 heterocycles. The predicted octanol–water partition coefficient (Wildman–Crippen LogP) is 2.74. The van der Waals surface area contributed by atoms with Gasteiger partial charge in [-0.2, -0.15) is 0 Å². The van der Waals surface area contributed by atoms with E-state index in [-0.39, 0.29) is 11.7 Å². The van der Waals surface area contributed by atoms with Crippen molar-refractivity contribution >= 4 is 28.3 Å².